The molecule has 3 aliphatic rings. The largest absolute Gasteiger partial charge is 0.193 e. The Morgan fingerprint density at radius 1 is 1.46 bits per heavy atom. The van der Waals surface area contributed by atoms with Gasteiger partial charge in [0.05, 0.1) is 6.07 Å². The second-order valence-electron chi connectivity index (χ2n) is 4.21. The van der Waals surface area contributed by atoms with Gasteiger partial charge in [0, 0.05) is 22.8 Å². The van der Waals surface area contributed by atoms with Crippen LogP contribution in [0.15, 0.2) is 23.8 Å². The van der Waals surface area contributed by atoms with Crippen LogP contribution < -0.4 is 0 Å². The molecule has 0 saturated heterocycles. The first-order valence-electron chi connectivity index (χ1n) is 4.75. The van der Waals surface area contributed by atoms with Crippen molar-refractivity contribution in [2.24, 2.45) is 23.7 Å². The molecule has 0 aliphatic heterocycles. The maximum Gasteiger partial charge on any atom is 0.0947 e. The quantitative estimate of drug-likeness (QED) is 0.426. The smallest absolute Gasteiger partial charge is 0.0947 e. The summed E-state index contributed by atoms with van der Waals surface area (Å²) >= 11 is 6.25. The van der Waals surface area contributed by atoms with E-state index < -0.39 is 0 Å². The minimum absolute atomic E-state index is 0.191. The summed E-state index contributed by atoms with van der Waals surface area (Å²) in [5.74, 6) is 2.11. The van der Waals surface area contributed by atoms with Gasteiger partial charge in [0.2, 0.25) is 0 Å². The topological polar surface area (TPSA) is 23.8 Å². The van der Waals surface area contributed by atoms with Gasteiger partial charge in [-0.05, 0) is 18.3 Å². The van der Waals surface area contributed by atoms with Crippen LogP contribution in [-0.4, -0.2) is 5.38 Å². The van der Waals surface area contributed by atoms with E-state index in [9.17, 15) is 0 Å². The first kappa shape index (κ1) is 7.64. The fourth-order valence-electron chi connectivity index (χ4n) is 3.20. The van der Waals surface area contributed by atoms with Crippen molar-refractivity contribution >= 4 is 11.6 Å². The highest BCUT2D eigenvalue weighted by molar-refractivity contribution is 6.21. The molecule has 1 nitrogen and oxygen atoms in total. The molecule has 0 N–H and O–H groups in total. The normalized spacial score (nSPS) is 50.5. The average molecular weight is 192 g/mol. The molecule has 0 bridgehead atoms. The van der Waals surface area contributed by atoms with Gasteiger partial charge in [-0.2, -0.15) is 5.26 Å². The van der Waals surface area contributed by atoms with Crippen LogP contribution in [0.1, 0.15) is 6.42 Å². The van der Waals surface area contributed by atoms with Crippen LogP contribution in [0.2, 0.25) is 0 Å². The van der Waals surface area contributed by atoms with Gasteiger partial charge in [-0.1, -0.05) is 18.2 Å². The van der Waals surface area contributed by atoms with Crippen LogP contribution in [0.4, 0.5) is 0 Å². The molecule has 0 amide bonds. The second-order valence-corrected chi connectivity index (χ2v) is 4.78. The summed E-state index contributed by atoms with van der Waals surface area (Å²) in [6, 6.07) is 2.29. The molecule has 0 aromatic carbocycles. The van der Waals surface area contributed by atoms with Gasteiger partial charge in [0.1, 0.15) is 0 Å². The van der Waals surface area contributed by atoms with E-state index in [0.717, 1.165) is 12.0 Å². The Bertz CT molecular complexity index is 350. The van der Waals surface area contributed by atoms with Crippen molar-refractivity contribution in [2.45, 2.75) is 11.8 Å². The maximum absolute atomic E-state index is 8.96. The number of allylic oxidation sites excluding steroid dienone is 4. The van der Waals surface area contributed by atoms with Gasteiger partial charge in [0.15, 0.2) is 0 Å². The van der Waals surface area contributed by atoms with Gasteiger partial charge >= 0.3 is 0 Å². The monoisotopic (exact) mass is 191 g/mol. The highest BCUT2D eigenvalue weighted by Crippen LogP contribution is 2.56. The molecule has 0 aromatic rings. The molecular formula is C11H10ClN. The number of hydrogen-bond donors (Lipinski definition) is 0. The molecule has 2 heteroatoms. The summed E-state index contributed by atoms with van der Waals surface area (Å²) in [5, 5.41) is 9.15. The van der Waals surface area contributed by atoms with Crippen LogP contribution in [-0.2, 0) is 0 Å². The van der Waals surface area contributed by atoms with E-state index in [0.29, 0.717) is 23.7 Å². The van der Waals surface area contributed by atoms with Crippen molar-refractivity contribution in [2.75, 3.05) is 0 Å². The third-order valence-electron chi connectivity index (χ3n) is 3.68. The zero-order chi connectivity index (χ0) is 9.00. The highest BCUT2D eigenvalue weighted by Gasteiger charge is 2.51. The van der Waals surface area contributed by atoms with Gasteiger partial charge in [0.25, 0.3) is 0 Å². The summed E-state index contributed by atoms with van der Waals surface area (Å²) in [4.78, 5) is 0. The van der Waals surface area contributed by atoms with Crippen LogP contribution in [0.5, 0.6) is 0 Å². The first-order valence-corrected chi connectivity index (χ1v) is 5.19. The predicted molar refractivity (Wildman–Crippen MR) is 51.1 cm³/mol. The number of nitriles is 1. The lowest BCUT2D eigenvalue weighted by Gasteiger charge is -2.16. The third kappa shape index (κ3) is 0.823. The second kappa shape index (κ2) is 2.39. The standard InChI is InChI=1S/C11H10ClN/c12-9-4-7-2-1-6-3-8(5-13)11(9)10(6)7/h1-3,6-7,9-11H,4H2/t6-,7-,9+,10+,11+/m1/s1. The van der Waals surface area contributed by atoms with E-state index in [-0.39, 0.29) is 5.38 Å². The molecule has 66 valence electrons. The molecule has 3 rings (SSSR count). The van der Waals surface area contributed by atoms with Crippen molar-refractivity contribution in [3.8, 4) is 6.07 Å². The van der Waals surface area contributed by atoms with E-state index >= 15 is 0 Å². The van der Waals surface area contributed by atoms with Crippen molar-refractivity contribution in [1.82, 2.24) is 0 Å². The number of rotatable bonds is 0. The van der Waals surface area contributed by atoms with Crippen molar-refractivity contribution in [3.63, 3.8) is 0 Å². The molecule has 0 spiro atoms. The van der Waals surface area contributed by atoms with Gasteiger partial charge in [-0.3, -0.25) is 0 Å². The Morgan fingerprint density at radius 3 is 3.08 bits per heavy atom. The zero-order valence-electron chi connectivity index (χ0n) is 7.15. The molecule has 5 atom stereocenters. The molecule has 0 unspecified atom stereocenters. The number of hydrogen-bond acceptors (Lipinski definition) is 1. The lowest BCUT2D eigenvalue weighted by atomic mass is 9.88. The first-order chi connectivity index (χ1) is 6.31. The molecule has 13 heavy (non-hydrogen) atoms. The van der Waals surface area contributed by atoms with Crippen LogP contribution >= 0.6 is 11.6 Å². The summed E-state index contributed by atoms with van der Waals surface area (Å²) in [6.45, 7) is 0. The Labute approximate surface area is 82.7 Å². The van der Waals surface area contributed by atoms with Crippen LogP contribution in [0.3, 0.4) is 0 Å². The van der Waals surface area contributed by atoms with Gasteiger partial charge in [-0.15, -0.1) is 11.6 Å². The van der Waals surface area contributed by atoms with Gasteiger partial charge < -0.3 is 0 Å². The molecule has 1 saturated carbocycles. The molecule has 0 heterocycles. The molecular weight excluding hydrogens is 182 g/mol. The Kier molecular flexibility index (Phi) is 1.41. The fourth-order valence-corrected chi connectivity index (χ4v) is 3.71. The number of halogens is 1. The average Bonchev–Trinajstić information content (AvgIpc) is 2.70. The zero-order valence-corrected chi connectivity index (χ0v) is 7.91. The molecule has 3 aliphatic carbocycles. The van der Waals surface area contributed by atoms with E-state index in [2.05, 4.69) is 24.3 Å². The Morgan fingerprint density at radius 2 is 2.31 bits per heavy atom. The fraction of sp³-hybridized carbons (Fsp3) is 0.545. The Balaban J connectivity index is 2.07. The lowest BCUT2D eigenvalue weighted by molar-refractivity contribution is 0.394. The minimum atomic E-state index is 0.191. The highest BCUT2D eigenvalue weighted by atomic mass is 35.5. The SMILES string of the molecule is N#CC1=C[C@H]2C=C[C@@H]3C[C@H](Cl)[C@H]1[C@@H]23. The Hall–Kier alpha value is -0.740. The number of nitrogens with zero attached hydrogens (tertiary/aromatic N) is 1. The van der Waals surface area contributed by atoms with E-state index in [1.807, 2.05) is 0 Å². The van der Waals surface area contributed by atoms with Crippen molar-refractivity contribution in [1.29, 1.82) is 5.26 Å². The lowest BCUT2D eigenvalue weighted by Crippen LogP contribution is -2.15. The number of alkyl halides is 1. The summed E-state index contributed by atoms with van der Waals surface area (Å²) in [6.07, 6.45) is 7.70. The summed E-state index contributed by atoms with van der Waals surface area (Å²) in [7, 11) is 0. The van der Waals surface area contributed by atoms with Crippen LogP contribution in [0, 0.1) is 35.0 Å². The van der Waals surface area contributed by atoms with E-state index in [1.165, 1.54) is 0 Å². The maximum atomic E-state index is 8.96. The van der Waals surface area contributed by atoms with Crippen molar-refractivity contribution in [3.05, 3.63) is 23.8 Å². The summed E-state index contributed by atoms with van der Waals surface area (Å²) in [5.41, 5.74) is 0.932. The van der Waals surface area contributed by atoms with E-state index in [1.54, 1.807) is 0 Å². The molecule has 0 radical (unpaired) electrons. The van der Waals surface area contributed by atoms with Crippen molar-refractivity contribution < 1.29 is 0 Å². The molecule has 0 aromatic heterocycles. The van der Waals surface area contributed by atoms with Gasteiger partial charge in [-0.25, -0.2) is 0 Å². The minimum Gasteiger partial charge on any atom is -0.193 e. The van der Waals surface area contributed by atoms with E-state index in [4.69, 9.17) is 16.9 Å². The summed E-state index contributed by atoms with van der Waals surface area (Å²) < 4.78 is 0. The van der Waals surface area contributed by atoms with Crippen LogP contribution in [0.25, 0.3) is 0 Å². The predicted octanol–water partition coefficient (Wildman–Crippen LogP) is 2.50. The molecule has 1 fully saturated rings. The third-order valence-corrected chi connectivity index (χ3v) is 4.13.